The second-order valence-corrected chi connectivity index (χ2v) is 6.56. The Morgan fingerprint density at radius 1 is 1.14 bits per heavy atom. The SMILES string of the molecule is O=c1[nH]c2c(ncn2[C@@H]2O[C@H](CO)[C@@H](O)[C@H]2O)c2nnc(-c3ccccc3)n12. The van der Waals surface area contributed by atoms with E-state index in [-0.39, 0.29) is 11.3 Å². The van der Waals surface area contributed by atoms with E-state index < -0.39 is 36.8 Å². The minimum Gasteiger partial charge on any atom is -0.394 e. The van der Waals surface area contributed by atoms with Gasteiger partial charge in [0.05, 0.1) is 12.9 Å². The number of H-pyrrole nitrogens is 1. The van der Waals surface area contributed by atoms with Gasteiger partial charge in [0.15, 0.2) is 23.2 Å². The third-order valence-electron chi connectivity index (χ3n) is 4.92. The van der Waals surface area contributed by atoms with Crippen molar-refractivity contribution in [1.29, 1.82) is 0 Å². The van der Waals surface area contributed by atoms with Gasteiger partial charge in [-0.25, -0.2) is 14.2 Å². The predicted octanol–water partition coefficient (Wildman–Crippen LogP) is -0.954. The molecule has 3 aromatic heterocycles. The zero-order chi connectivity index (χ0) is 19.4. The number of ether oxygens (including phenoxy) is 1. The van der Waals surface area contributed by atoms with E-state index in [0.717, 1.165) is 5.56 Å². The second-order valence-electron chi connectivity index (χ2n) is 6.56. The van der Waals surface area contributed by atoms with Crippen LogP contribution in [-0.2, 0) is 4.74 Å². The van der Waals surface area contributed by atoms with Gasteiger partial charge in [0.2, 0.25) is 0 Å². The van der Waals surface area contributed by atoms with Gasteiger partial charge >= 0.3 is 5.69 Å². The van der Waals surface area contributed by atoms with Crippen LogP contribution in [0.2, 0.25) is 0 Å². The molecule has 4 aromatic rings. The van der Waals surface area contributed by atoms with Crippen molar-refractivity contribution in [3.05, 3.63) is 47.1 Å². The molecule has 11 heteroatoms. The van der Waals surface area contributed by atoms with Crippen LogP contribution in [0.1, 0.15) is 6.23 Å². The van der Waals surface area contributed by atoms with E-state index in [1.807, 2.05) is 30.3 Å². The summed E-state index contributed by atoms with van der Waals surface area (Å²) in [6.45, 7) is -0.452. The molecule has 0 saturated carbocycles. The number of nitrogens with one attached hydrogen (secondary N) is 1. The van der Waals surface area contributed by atoms with Crippen LogP contribution in [0.15, 0.2) is 41.5 Å². The summed E-state index contributed by atoms with van der Waals surface area (Å²) in [6.07, 6.45) is -3.15. The van der Waals surface area contributed by atoms with Crippen LogP contribution in [0.5, 0.6) is 0 Å². The lowest BCUT2D eigenvalue weighted by Gasteiger charge is -2.16. The summed E-state index contributed by atoms with van der Waals surface area (Å²) in [5.41, 5.74) is 1.11. The number of benzene rings is 1. The Kier molecular flexibility index (Phi) is 3.77. The highest BCUT2D eigenvalue weighted by atomic mass is 16.6. The average Bonchev–Trinajstić information content (AvgIpc) is 3.40. The molecule has 0 amide bonds. The average molecular weight is 384 g/mol. The lowest BCUT2D eigenvalue weighted by molar-refractivity contribution is -0.0511. The number of aromatic amines is 1. The van der Waals surface area contributed by atoms with E-state index in [0.29, 0.717) is 11.3 Å². The first-order chi connectivity index (χ1) is 13.6. The first kappa shape index (κ1) is 17.0. The number of fused-ring (bicyclic) bond motifs is 3. The highest BCUT2D eigenvalue weighted by Gasteiger charge is 2.44. The van der Waals surface area contributed by atoms with Crippen molar-refractivity contribution in [2.75, 3.05) is 6.61 Å². The molecule has 4 N–H and O–H groups in total. The number of hydrogen-bond acceptors (Lipinski definition) is 8. The van der Waals surface area contributed by atoms with E-state index in [4.69, 9.17) is 4.74 Å². The van der Waals surface area contributed by atoms with E-state index in [2.05, 4.69) is 20.2 Å². The van der Waals surface area contributed by atoms with Crippen molar-refractivity contribution in [3.63, 3.8) is 0 Å². The van der Waals surface area contributed by atoms with E-state index in [1.54, 1.807) is 0 Å². The minimum absolute atomic E-state index is 0.253. The van der Waals surface area contributed by atoms with Crippen molar-refractivity contribution in [1.82, 2.24) is 29.1 Å². The van der Waals surface area contributed by atoms with Gasteiger partial charge in [-0.2, -0.15) is 0 Å². The molecule has 1 aliphatic heterocycles. The molecule has 1 fully saturated rings. The smallest absolute Gasteiger partial charge is 0.334 e. The third-order valence-corrected chi connectivity index (χ3v) is 4.92. The van der Waals surface area contributed by atoms with Gasteiger partial charge in [-0.15, -0.1) is 10.2 Å². The fraction of sp³-hybridized carbons (Fsp3) is 0.294. The summed E-state index contributed by atoms with van der Waals surface area (Å²) < 4.78 is 8.25. The van der Waals surface area contributed by atoms with Gasteiger partial charge in [0.25, 0.3) is 0 Å². The monoisotopic (exact) mass is 384 g/mol. The topological polar surface area (TPSA) is 151 Å². The van der Waals surface area contributed by atoms with Crippen LogP contribution in [0, 0.1) is 0 Å². The maximum atomic E-state index is 12.8. The lowest BCUT2D eigenvalue weighted by Crippen LogP contribution is -2.33. The normalized spacial score (nSPS) is 25.1. The molecular formula is C17H16N6O5. The molecule has 0 spiro atoms. The van der Waals surface area contributed by atoms with E-state index in [9.17, 15) is 20.1 Å². The molecule has 4 atom stereocenters. The Labute approximate surface area is 156 Å². The molecule has 1 aromatic carbocycles. The molecule has 0 unspecified atom stereocenters. The van der Waals surface area contributed by atoms with Crippen LogP contribution in [0.4, 0.5) is 0 Å². The number of rotatable bonds is 3. The maximum absolute atomic E-state index is 12.8. The van der Waals surface area contributed by atoms with Crippen molar-refractivity contribution in [2.45, 2.75) is 24.5 Å². The number of aromatic nitrogens is 6. The van der Waals surface area contributed by atoms with E-state index in [1.165, 1.54) is 15.3 Å². The fourth-order valence-electron chi connectivity index (χ4n) is 3.51. The zero-order valence-corrected chi connectivity index (χ0v) is 14.4. The van der Waals surface area contributed by atoms with Gasteiger partial charge in [0, 0.05) is 5.56 Å². The Balaban J connectivity index is 1.68. The van der Waals surface area contributed by atoms with E-state index >= 15 is 0 Å². The number of aliphatic hydroxyl groups excluding tert-OH is 3. The second kappa shape index (κ2) is 6.21. The number of aliphatic hydroxyl groups is 3. The number of nitrogens with zero attached hydrogens (tertiary/aromatic N) is 5. The number of hydrogen-bond donors (Lipinski definition) is 4. The predicted molar refractivity (Wildman–Crippen MR) is 95.3 cm³/mol. The van der Waals surface area contributed by atoms with Crippen LogP contribution >= 0.6 is 0 Å². The molecule has 11 nitrogen and oxygen atoms in total. The van der Waals surface area contributed by atoms with Crippen LogP contribution < -0.4 is 5.69 Å². The first-order valence-corrected chi connectivity index (χ1v) is 8.62. The summed E-state index contributed by atoms with van der Waals surface area (Å²) in [6, 6.07) is 9.16. The van der Waals surface area contributed by atoms with Crippen molar-refractivity contribution in [3.8, 4) is 11.4 Å². The Morgan fingerprint density at radius 3 is 2.64 bits per heavy atom. The van der Waals surface area contributed by atoms with Gasteiger partial charge in [-0.1, -0.05) is 30.3 Å². The van der Waals surface area contributed by atoms with Crippen molar-refractivity contribution < 1.29 is 20.1 Å². The lowest BCUT2D eigenvalue weighted by atomic mass is 10.1. The molecule has 144 valence electrons. The van der Waals surface area contributed by atoms with Gasteiger partial charge < -0.3 is 20.1 Å². The summed E-state index contributed by atoms with van der Waals surface area (Å²) >= 11 is 0. The molecule has 0 bridgehead atoms. The highest BCUT2D eigenvalue weighted by molar-refractivity contribution is 5.86. The first-order valence-electron chi connectivity index (χ1n) is 8.62. The molecular weight excluding hydrogens is 368 g/mol. The summed E-state index contributed by atoms with van der Waals surface area (Å²) in [4.78, 5) is 19.8. The summed E-state index contributed by atoms with van der Waals surface area (Å²) in [5.74, 6) is 0.376. The molecule has 1 saturated heterocycles. The Hall–Kier alpha value is -3.12. The highest BCUT2D eigenvalue weighted by Crippen LogP contribution is 2.31. The Morgan fingerprint density at radius 2 is 1.93 bits per heavy atom. The van der Waals surface area contributed by atoms with Crippen LogP contribution in [-0.4, -0.2) is 69.4 Å². The van der Waals surface area contributed by atoms with Crippen molar-refractivity contribution in [2.24, 2.45) is 0 Å². The van der Waals surface area contributed by atoms with Gasteiger partial charge in [-0.05, 0) is 0 Å². The van der Waals surface area contributed by atoms with Gasteiger partial charge in [-0.3, -0.25) is 9.55 Å². The fourth-order valence-corrected chi connectivity index (χ4v) is 3.51. The van der Waals surface area contributed by atoms with Gasteiger partial charge in [0.1, 0.15) is 24.0 Å². The molecule has 5 rings (SSSR count). The molecule has 0 radical (unpaired) electrons. The quantitative estimate of drug-likeness (QED) is 0.353. The van der Waals surface area contributed by atoms with Crippen LogP contribution in [0.25, 0.3) is 28.2 Å². The molecule has 0 aliphatic carbocycles. The third kappa shape index (κ3) is 2.31. The van der Waals surface area contributed by atoms with Crippen molar-refractivity contribution >= 4 is 16.8 Å². The maximum Gasteiger partial charge on any atom is 0.334 e. The standard InChI is InChI=1S/C17H16N6O5/c24-6-9-11(25)12(26)16(28-9)22-7-18-10-14(22)19-17(27)23-13(20-21-15(10)23)8-4-2-1-3-5-8/h1-5,7,9,11-12,16,24-26H,6H2,(H,19,27)/t9-,11-,12-,16-/m1/s1. The van der Waals surface area contributed by atoms with Crippen LogP contribution in [0.3, 0.4) is 0 Å². The largest absolute Gasteiger partial charge is 0.394 e. The zero-order valence-electron chi connectivity index (χ0n) is 14.4. The molecule has 4 heterocycles. The number of imidazole rings is 1. The molecule has 1 aliphatic rings. The molecule has 28 heavy (non-hydrogen) atoms. The minimum atomic E-state index is -1.30. The summed E-state index contributed by atoms with van der Waals surface area (Å²) in [5, 5.41) is 37.8. The summed E-state index contributed by atoms with van der Waals surface area (Å²) in [7, 11) is 0. The Bertz CT molecular complexity index is 1220.